The molecule has 1 aliphatic rings. The van der Waals surface area contributed by atoms with Crippen LogP contribution in [0.1, 0.15) is 45.1 Å². The molecule has 1 atom stereocenters. The molecule has 1 aromatic rings. The van der Waals surface area contributed by atoms with Gasteiger partial charge in [-0.05, 0) is 36.4 Å². The molecular formula is C17H25Cl2N. The van der Waals surface area contributed by atoms with E-state index >= 15 is 0 Å². The van der Waals surface area contributed by atoms with Crippen molar-refractivity contribution < 1.29 is 0 Å². The summed E-state index contributed by atoms with van der Waals surface area (Å²) in [5.41, 5.74) is 1.20. The number of halogens is 2. The minimum Gasteiger partial charge on any atom is -0.314 e. The van der Waals surface area contributed by atoms with Crippen LogP contribution in [-0.4, -0.2) is 12.6 Å². The van der Waals surface area contributed by atoms with E-state index in [-0.39, 0.29) is 0 Å². The van der Waals surface area contributed by atoms with Gasteiger partial charge in [0, 0.05) is 6.04 Å². The Morgan fingerprint density at radius 2 is 1.90 bits per heavy atom. The lowest BCUT2D eigenvalue weighted by atomic mass is 9.85. The van der Waals surface area contributed by atoms with Crippen molar-refractivity contribution in [1.82, 2.24) is 5.32 Å². The Labute approximate surface area is 133 Å². The minimum absolute atomic E-state index is 0.536. The van der Waals surface area contributed by atoms with Gasteiger partial charge in [-0.3, -0.25) is 0 Å². The number of hydrogen-bond donors (Lipinski definition) is 1. The van der Waals surface area contributed by atoms with Crippen molar-refractivity contribution in [1.29, 1.82) is 0 Å². The second-order valence-corrected chi connectivity index (χ2v) is 7.07. The number of rotatable bonds is 6. The normalized spacial score (nSPS) is 17.9. The van der Waals surface area contributed by atoms with E-state index in [1.165, 1.54) is 31.2 Å². The Hall–Kier alpha value is -0.240. The minimum atomic E-state index is 0.536. The summed E-state index contributed by atoms with van der Waals surface area (Å²) in [6, 6.07) is 6.52. The first-order valence-electron chi connectivity index (χ1n) is 7.74. The first-order chi connectivity index (χ1) is 9.58. The molecule has 0 aliphatic heterocycles. The molecule has 1 unspecified atom stereocenters. The van der Waals surface area contributed by atoms with Crippen LogP contribution in [0.25, 0.3) is 0 Å². The standard InChI is InChI=1S/C17H25Cl2N/c1-12(2)20-11-15(13-6-3-4-7-13)10-14-8-5-9-16(18)17(14)19/h5,8-9,12-13,15,20H,3-4,6-7,10-11H2,1-2H3. The maximum absolute atomic E-state index is 6.35. The van der Waals surface area contributed by atoms with Crippen LogP contribution in [0.4, 0.5) is 0 Å². The third-order valence-corrected chi connectivity index (χ3v) is 5.23. The fourth-order valence-corrected chi connectivity index (χ4v) is 3.61. The van der Waals surface area contributed by atoms with Gasteiger partial charge in [0.05, 0.1) is 10.0 Å². The van der Waals surface area contributed by atoms with Crippen LogP contribution in [0.2, 0.25) is 10.0 Å². The van der Waals surface area contributed by atoms with Gasteiger partial charge >= 0.3 is 0 Å². The molecule has 0 spiro atoms. The highest BCUT2D eigenvalue weighted by atomic mass is 35.5. The summed E-state index contributed by atoms with van der Waals surface area (Å²) in [6.07, 6.45) is 6.52. The highest BCUT2D eigenvalue weighted by Gasteiger charge is 2.26. The zero-order chi connectivity index (χ0) is 14.5. The quantitative estimate of drug-likeness (QED) is 0.747. The summed E-state index contributed by atoms with van der Waals surface area (Å²) < 4.78 is 0. The highest BCUT2D eigenvalue weighted by Crippen LogP contribution is 2.35. The van der Waals surface area contributed by atoms with E-state index in [0.29, 0.717) is 17.0 Å². The van der Waals surface area contributed by atoms with Gasteiger partial charge in [-0.25, -0.2) is 0 Å². The average molecular weight is 314 g/mol. The van der Waals surface area contributed by atoms with Crippen LogP contribution >= 0.6 is 23.2 Å². The van der Waals surface area contributed by atoms with E-state index in [9.17, 15) is 0 Å². The molecule has 0 heterocycles. The summed E-state index contributed by atoms with van der Waals surface area (Å²) in [4.78, 5) is 0. The van der Waals surface area contributed by atoms with Gasteiger partial charge in [-0.1, -0.05) is 74.9 Å². The van der Waals surface area contributed by atoms with Gasteiger partial charge in [-0.15, -0.1) is 0 Å². The fourth-order valence-electron chi connectivity index (χ4n) is 3.21. The smallest absolute Gasteiger partial charge is 0.0624 e. The number of benzene rings is 1. The van der Waals surface area contributed by atoms with Crippen LogP contribution in [-0.2, 0) is 6.42 Å². The molecule has 1 saturated carbocycles. The molecule has 0 saturated heterocycles. The van der Waals surface area contributed by atoms with E-state index in [1.807, 2.05) is 12.1 Å². The Morgan fingerprint density at radius 3 is 2.55 bits per heavy atom. The molecule has 1 aliphatic carbocycles. The largest absolute Gasteiger partial charge is 0.314 e. The molecule has 1 nitrogen and oxygen atoms in total. The third-order valence-electron chi connectivity index (χ3n) is 4.37. The monoisotopic (exact) mass is 313 g/mol. The lowest BCUT2D eigenvalue weighted by molar-refractivity contribution is 0.313. The van der Waals surface area contributed by atoms with E-state index in [2.05, 4.69) is 25.2 Å². The second-order valence-electron chi connectivity index (χ2n) is 6.28. The first-order valence-corrected chi connectivity index (χ1v) is 8.49. The summed E-state index contributed by atoms with van der Waals surface area (Å²) in [5, 5.41) is 5.01. The van der Waals surface area contributed by atoms with Crippen LogP contribution < -0.4 is 5.32 Å². The Kier molecular flexibility index (Phi) is 6.20. The lowest BCUT2D eigenvalue weighted by Gasteiger charge is -2.25. The fraction of sp³-hybridized carbons (Fsp3) is 0.647. The van der Waals surface area contributed by atoms with E-state index in [4.69, 9.17) is 23.2 Å². The maximum atomic E-state index is 6.35. The molecule has 1 aromatic carbocycles. The summed E-state index contributed by atoms with van der Waals surface area (Å²) >= 11 is 12.5. The molecule has 1 N–H and O–H groups in total. The van der Waals surface area contributed by atoms with Gasteiger partial charge < -0.3 is 5.32 Å². The van der Waals surface area contributed by atoms with Gasteiger partial charge in [0.2, 0.25) is 0 Å². The molecule has 0 amide bonds. The van der Waals surface area contributed by atoms with Crippen molar-refractivity contribution in [3.63, 3.8) is 0 Å². The second kappa shape index (κ2) is 7.68. The van der Waals surface area contributed by atoms with Crippen LogP contribution in [0.3, 0.4) is 0 Å². The molecule has 1 fully saturated rings. The Bertz CT molecular complexity index is 425. The van der Waals surface area contributed by atoms with E-state index in [0.717, 1.165) is 23.9 Å². The average Bonchev–Trinajstić information content (AvgIpc) is 2.93. The SMILES string of the molecule is CC(C)NCC(Cc1cccc(Cl)c1Cl)C1CCCC1. The molecule has 20 heavy (non-hydrogen) atoms. The molecule has 112 valence electrons. The zero-order valence-electron chi connectivity index (χ0n) is 12.5. The van der Waals surface area contributed by atoms with Crippen molar-refractivity contribution in [2.75, 3.05) is 6.54 Å². The predicted octanol–water partition coefficient (Wildman–Crippen LogP) is 5.34. The van der Waals surface area contributed by atoms with Gasteiger partial charge in [-0.2, -0.15) is 0 Å². The zero-order valence-corrected chi connectivity index (χ0v) is 14.0. The lowest BCUT2D eigenvalue weighted by Crippen LogP contribution is -2.33. The van der Waals surface area contributed by atoms with Crippen LogP contribution in [0, 0.1) is 11.8 Å². The van der Waals surface area contributed by atoms with Crippen molar-refractivity contribution in [2.24, 2.45) is 11.8 Å². The van der Waals surface area contributed by atoms with Crippen molar-refractivity contribution in [2.45, 2.75) is 52.0 Å². The first kappa shape index (κ1) is 16.1. The number of hydrogen-bond acceptors (Lipinski definition) is 1. The molecule has 2 rings (SSSR count). The van der Waals surface area contributed by atoms with E-state index < -0.39 is 0 Å². The topological polar surface area (TPSA) is 12.0 Å². The number of nitrogens with one attached hydrogen (secondary N) is 1. The van der Waals surface area contributed by atoms with Gasteiger partial charge in [0.1, 0.15) is 0 Å². The van der Waals surface area contributed by atoms with Crippen molar-refractivity contribution >= 4 is 23.2 Å². The van der Waals surface area contributed by atoms with Crippen molar-refractivity contribution in [3.05, 3.63) is 33.8 Å². The Morgan fingerprint density at radius 1 is 1.20 bits per heavy atom. The molecule has 0 bridgehead atoms. The van der Waals surface area contributed by atoms with Crippen molar-refractivity contribution in [3.8, 4) is 0 Å². The summed E-state index contributed by atoms with van der Waals surface area (Å²) in [6.45, 7) is 5.49. The molecular weight excluding hydrogens is 289 g/mol. The van der Waals surface area contributed by atoms with Gasteiger partial charge in [0.25, 0.3) is 0 Å². The molecule has 0 aromatic heterocycles. The Balaban J connectivity index is 2.07. The highest BCUT2D eigenvalue weighted by molar-refractivity contribution is 6.42. The predicted molar refractivity (Wildman–Crippen MR) is 88.8 cm³/mol. The van der Waals surface area contributed by atoms with Gasteiger partial charge in [0.15, 0.2) is 0 Å². The van der Waals surface area contributed by atoms with E-state index in [1.54, 1.807) is 0 Å². The maximum Gasteiger partial charge on any atom is 0.0624 e. The third kappa shape index (κ3) is 4.38. The molecule has 0 radical (unpaired) electrons. The van der Waals surface area contributed by atoms with Crippen LogP contribution in [0.5, 0.6) is 0 Å². The molecule has 3 heteroatoms. The van der Waals surface area contributed by atoms with Crippen LogP contribution in [0.15, 0.2) is 18.2 Å². The summed E-state index contributed by atoms with van der Waals surface area (Å²) in [5.74, 6) is 1.49. The summed E-state index contributed by atoms with van der Waals surface area (Å²) in [7, 11) is 0.